The summed E-state index contributed by atoms with van der Waals surface area (Å²) in [5.74, 6) is -0.757. The van der Waals surface area contributed by atoms with Crippen molar-refractivity contribution in [1.82, 2.24) is 5.32 Å². The lowest BCUT2D eigenvalue weighted by molar-refractivity contribution is -0.118. The van der Waals surface area contributed by atoms with Crippen molar-refractivity contribution in [2.75, 3.05) is 5.32 Å². The van der Waals surface area contributed by atoms with E-state index in [0.29, 0.717) is 5.69 Å². The number of urea groups is 1. The van der Waals surface area contributed by atoms with Crippen LogP contribution in [0.15, 0.2) is 42.5 Å². The van der Waals surface area contributed by atoms with E-state index in [1.165, 1.54) is 16.7 Å². The number of fused-ring (bicyclic) bond motifs is 3. The molecule has 0 aromatic heterocycles. The molecule has 1 aliphatic carbocycles. The van der Waals surface area contributed by atoms with Gasteiger partial charge in [-0.05, 0) is 40.8 Å². The van der Waals surface area contributed by atoms with Crippen LogP contribution in [0, 0.1) is 0 Å². The van der Waals surface area contributed by atoms with Crippen molar-refractivity contribution in [3.63, 3.8) is 0 Å². The summed E-state index contributed by atoms with van der Waals surface area (Å²) in [7, 11) is 0. The van der Waals surface area contributed by atoms with Crippen LogP contribution in [0.4, 0.5) is 10.5 Å². The van der Waals surface area contributed by atoms with E-state index in [4.69, 9.17) is 23.2 Å². The standard InChI is InChI=1S/C16H12Cl2N2O2/c17-14(18)15(21)20-16(22)19-11-6-5-10-7-9-3-1-2-4-12(9)13(10)8-11/h1-6,8,14H,7H2,(H2,19,20,21,22). The fourth-order valence-electron chi connectivity index (χ4n) is 2.53. The van der Waals surface area contributed by atoms with Crippen LogP contribution in [0.25, 0.3) is 11.1 Å². The lowest BCUT2D eigenvalue weighted by Crippen LogP contribution is -2.37. The Morgan fingerprint density at radius 3 is 2.50 bits per heavy atom. The molecule has 2 aromatic rings. The fourth-order valence-corrected chi connectivity index (χ4v) is 2.64. The SMILES string of the molecule is O=C(NC(=O)C(Cl)Cl)Nc1ccc2c(c1)-c1ccccc1C2. The molecule has 0 heterocycles. The highest BCUT2D eigenvalue weighted by atomic mass is 35.5. The van der Waals surface area contributed by atoms with Crippen LogP contribution >= 0.6 is 23.2 Å². The maximum Gasteiger partial charge on any atom is 0.325 e. The molecule has 2 aromatic carbocycles. The van der Waals surface area contributed by atoms with Crippen LogP contribution in [0.5, 0.6) is 0 Å². The van der Waals surface area contributed by atoms with E-state index >= 15 is 0 Å². The van der Waals surface area contributed by atoms with Gasteiger partial charge < -0.3 is 5.32 Å². The Morgan fingerprint density at radius 1 is 1.00 bits per heavy atom. The number of anilines is 1. The summed E-state index contributed by atoms with van der Waals surface area (Å²) >= 11 is 10.8. The molecular formula is C16H12Cl2N2O2. The maximum absolute atomic E-state index is 11.7. The van der Waals surface area contributed by atoms with E-state index < -0.39 is 16.8 Å². The molecular weight excluding hydrogens is 323 g/mol. The molecule has 2 N–H and O–H groups in total. The normalized spacial score (nSPS) is 11.8. The Bertz CT molecular complexity index is 760. The average molecular weight is 335 g/mol. The van der Waals surface area contributed by atoms with Gasteiger partial charge in [0, 0.05) is 5.69 Å². The summed E-state index contributed by atoms with van der Waals surface area (Å²) in [6.45, 7) is 0. The molecule has 0 fully saturated rings. The van der Waals surface area contributed by atoms with Crippen LogP contribution in [0.2, 0.25) is 0 Å². The zero-order chi connectivity index (χ0) is 15.7. The topological polar surface area (TPSA) is 58.2 Å². The Morgan fingerprint density at radius 2 is 1.73 bits per heavy atom. The van der Waals surface area contributed by atoms with Gasteiger partial charge in [0.05, 0.1) is 0 Å². The van der Waals surface area contributed by atoms with Crippen molar-refractivity contribution in [2.24, 2.45) is 0 Å². The highest BCUT2D eigenvalue weighted by Crippen LogP contribution is 2.37. The van der Waals surface area contributed by atoms with Gasteiger partial charge in [0.25, 0.3) is 5.91 Å². The van der Waals surface area contributed by atoms with E-state index in [-0.39, 0.29) is 0 Å². The van der Waals surface area contributed by atoms with Gasteiger partial charge in [0.2, 0.25) is 0 Å². The van der Waals surface area contributed by atoms with Crippen LogP contribution in [-0.2, 0) is 11.2 Å². The molecule has 0 atom stereocenters. The predicted octanol–water partition coefficient (Wildman–Crippen LogP) is 3.71. The molecule has 0 spiro atoms. The molecule has 3 rings (SSSR count). The van der Waals surface area contributed by atoms with Gasteiger partial charge in [-0.25, -0.2) is 4.79 Å². The number of hydrogen-bond acceptors (Lipinski definition) is 2. The second kappa shape index (κ2) is 5.99. The smallest absolute Gasteiger partial charge is 0.308 e. The number of imide groups is 1. The molecule has 0 aliphatic heterocycles. The third-order valence-electron chi connectivity index (χ3n) is 3.49. The minimum atomic E-state index is -1.28. The Balaban J connectivity index is 1.78. The predicted molar refractivity (Wildman–Crippen MR) is 87.3 cm³/mol. The number of halogens is 2. The number of benzene rings is 2. The molecule has 112 valence electrons. The molecule has 0 radical (unpaired) electrons. The van der Waals surface area contributed by atoms with E-state index in [2.05, 4.69) is 22.8 Å². The second-order valence-electron chi connectivity index (χ2n) is 4.95. The van der Waals surface area contributed by atoms with Gasteiger partial charge >= 0.3 is 6.03 Å². The maximum atomic E-state index is 11.7. The minimum absolute atomic E-state index is 0.599. The molecule has 3 amide bonds. The van der Waals surface area contributed by atoms with Gasteiger partial charge in [0.15, 0.2) is 4.84 Å². The number of carbonyl (C=O) groups is 2. The van der Waals surface area contributed by atoms with E-state index in [1.54, 1.807) is 6.07 Å². The van der Waals surface area contributed by atoms with Crippen molar-refractivity contribution in [3.05, 3.63) is 53.6 Å². The largest absolute Gasteiger partial charge is 0.325 e. The summed E-state index contributed by atoms with van der Waals surface area (Å²) in [6, 6.07) is 13.1. The minimum Gasteiger partial charge on any atom is -0.308 e. The molecule has 22 heavy (non-hydrogen) atoms. The van der Waals surface area contributed by atoms with Crippen LogP contribution in [-0.4, -0.2) is 16.8 Å². The lowest BCUT2D eigenvalue weighted by Gasteiger charge is -2.09. The second-order valence-corrected chi connectivity index (χ2v) is 6.05. The van der Waals surface area contributed by atoms with Crippen molar-refractivity contribution >= 4 is 40.8 Å². The summed E-state index contributed by atoms with van der Waals surface area (Å²) in [6.07, 6.45) is 0.886. The highest BCUT2D eigenvalue weighted by Gasteiger charge is 2.19. The molecule has 0 saturated heterocycles. The number of amides is 3. The third-order valence-corrected chi connectivity index (χ3v) is 3.89. The van der Waals surface area contributed by atoms with Crippen LogP contribution < -0.4 is 10.6 Å². The monoisotopic (exact) mass is 334 g/mol. The quantitative estimate of drug-likeness (QED) is 0.702. The highest BCUT2D eigenvalue weighted by molar-refractivity contribution is 6.54. The molecule has 0 unspecified atom stereocenters. The fraction of sp³-hybridized carbons (Fsp3) is 0.125. The van der Waals surface area contributed by atoms with E-state index in [9.17, 15) is 9.59 Å². The zero-order valence-electron chi connectivity index (χ0n) is 11.4. The van der Waals surface area contributed by atoms with Gasteiger partial charge in [-0.2, -0.15) is 0 Å². The molecule has 0 saturated carbocycles. The zero-order valence-corrected chi connectivity index (χ0v) is 12.9. The Labute approximate surface area is 137 Å². The van der Waals surface area contributed by atoms with Crippen molar-refractivity contribution in [1.29, 1.82) is 0 Å². The number of alkyl halides is 2. The van der Waals surface area contributed by atoms with E-state index in [1.807, 2.05) is 24.3 Å². The number of hydrogen-bond donors (Lipinski definition) is 2. The van der Waals surface area contributed by atoms with Crippen LogP contribution in [0.1, 0.15) is 11.1 Å². The summed E-state index contributed by atoms with van der Waals surface area (Å²) < 4.78 is 0. The first-order valence-electron chi connectivity index (χ1n) is 6.66. The van der Waals surface area contributed by atoms with Gasteiger partial charge in [-0.1, -0.05) is 53.5 Å². The summed E-state index contributed by atoms with van der Waals surface area (Å²) in [5.41, 5.74) is 5.33. The summed E-state index contributed by atoms with van der Waals surface area (Å²) in [4.78, 5) is 21.7. The third kappa shape index (κ3) is 2.93. The van der Waals surface area contributed by atoms with Crippen LogP contribution in [0.3, 0.4) is 0 Å². The Hall–Kier alpha value is -2.04. The first-order valence-corrected chi connectivity index (χ1v) is 7.53. The van der Waals surface area contributed by atoms with Crippen molar-refractivity contribution in [2.45, 2.75) is 11.3 Å². The van der Waals surface area contributed by atoms with Gasteiger partial charge in [-0.3, -0.25) is 10.1 Å². The van der Waals surface area contributed by atoms with Gasteiger partial charge in [0.1, 0.15) is 0 Å². The molecule has 1 aliphatic rings. The first-order chi connectivity index (χ1) is 10.5. The molecule has 6 heteroatoms. The van der Waals surface area contributed by atoms with Crippen molar-refractivity contribution in [3.8, 4) is 11.1 Å². The van der Waals surface area contributed by atoms with E-state index in [0.717, 1.165) is 12.0 Å². The average Bonchev–Trinajstić information content (AvgIpc) is 2.85. The van der Waals surface area contributed by atoms with Gasteiger partial charge in [-0.15, -0.1) is 0 Å². The Kier molecular flexibility index (Phi) is 4.05. The molecule has 0 bridgehead atoms. The lowest BCUT2D eigenvalue weighted by atomic mass is 10.1. The summed E-state index contributed by atoms with van der Waals surface area (Å²) in [5, 5.41) is 4.66. The first kappa shape index (κ1) is 14.9. The number of nitrogens with one attached hydrogen (secondary N) is 2. The number of rotatable bonds is 2. The van der Waals surface area contributed by atoms with Crippen molar-refractivity contribution < 1.29 is 9.59 Å². The molecule has 4 nitrogen and oxygen atoms in total. The number of carbonyl (C=O) groups excluding carboxylic acids is 2.